The van der Waals surface area contributed by atoms with Crippen LogP contribution >= 0.6 is 11.3 Å². The van der Waals surface area contributed by atoms with Gasteiger partial charge in [-0.3, -0.25) is 0 Å². The Morgan fingerprint density at radius 3 is 2.88 bits per heavy atom. The van der Waals surface area contributed by atoms with E-state index in [4.69, 9.17) is 5.73 Å². The quantitative estimate of drug-likeness (QED) is 0.883. The molecule has 4 nitrogen and oxygen atoms in total. The third-order valence-corrected chi connectivity index (χ3v) is 3.42. The molecule has 5 heteroatoms. The number of nitrogens with zero attached hydrogens (tertiary/aromatic N) is 3. The van der Waals surface area contributed by atoms with Gasteiger partial charge in [-0.05, 0) is 30.0 Å². The molecule has 0 atom stereocenters. The van der Waals surface area contributed by atoms with Gasteiger partial charge in [-0.2, -0.15) is 0 Å². The van der Waals surface area contributed by atoms with Gasteiger partial charge in [0.05, 0.1) is 11.5 Å². The van der Waals surface area contributed by atoms with Crippen molar-refractivity contribution in [3.63, 3.8) is 0 Å². The van der Waals surface area contributed by atoms with Crippen LogP contribution in [0.1, 0.15) is 11.4 Å². The summed E-state index contributed by atoms with van der Waals surface area (Å²) in [6.45, 7) is 2.77. The van der Waals surface area contributed by atoms with Gasteiger partial charge < -0.3 is 10.6 Å². The van der Waals surface area contributed by atoms with Crippen molar-refractivity contribution in [2.24, 2.45) is 0 Å². The lowest BCUT2D eigenvalue weighted by Crippen LogP contribution is -2.18. The van der Waals surface area contributed by atoms with Gasteiger partial charge in [0.25, 0.3) is 0 Å². The number of thiophene rings is 1. The highest BCUT2D eigenvalue weighted by Crippen LogP contribution is 2.26. The van der Waals surface area contributed by atoms with Crippen molar-refractivity contribution in [2.45, 2.75) is 13.5 Å². The van der Waals surface area contributed by atoms with Crippen LogP contribution in [0, 0.1) is 6.92 Å². The Morgan fingerprint density at radius 2 is 2.25 bits per heavy atom. The summed E-state index contributed by atoms with van der Waals surface area (Å²) in [5.41, 5.74) is 6.89. The van der Waals surface area contributed by atoms with Crippen molar-refractivity contribution >= 4 is 22.2 Å². The van der Waals surface area contributed by atoms with E-state index in [0.29, 0.717) is 12.4 Å². The fraction of sp³-hybridized carbons (Fsp3) is 0.273. The van der Waals surface area contributed by atoms with Gasteiger partial charge in [0.1, 0.15) is 11.6 Å². The highest BCUT2D eigenvalue weighted by Gasteiger charge is 2.08. The Labute approximate surface area is 98.8 Å². The third-order valence-electron chi connectivity index (χ3n) is 2.29. The molecule has 2 heterocycles. The highest BCUT2D eigenvalue weighted by molar-refractivity contribution is 7.14. The van der Waals surface area contributed by atoms with Gasteiger partial charge in [-0.25, -0.2) is 9.97 Å². The SMILES string of the molecule is Cc1ccsc1N(C)Cc1nccc(N)n1. The van der Waals surface area contributed by atoms with Crippen LogP contribution < -0.4 is 10.6 Å². The van der Waals surface area contributed by atoms with Crippen LogP contribution in [0.3, 0.4) is 0 Å². The van der Waals surface area contributed by atoms with Gasteiger partial charge in [0, 0.05) is 13.2 Å². The minimum Gasteiger partial charge on any atom is -0.384 e. The van der Waals surface area contributed by atoms with Crippen LogP contribution in [-0.2, 0) is 6.54 Å². The molecular weight excluding hydrogens is 220 g/mol. The van der Waals surface area contributed by atoms with Crippen LogP contribution in [0.25, 0.3) is 0 Å². The van der Waals surface area contributed by atoms with Crippen molar-refractivity contribution in [2.75, 3.05) is 17.7 Å². The first-order chi connectivity index (χ1) is 7.66. The lowest BCUT2D eigenvalue weighted by molar-refractivity contribution is 0.845. The summed E-state index contributed by atoms with van der Waals surface area (Å²) in [5, 5.41) is 3.33. The molecule has 0 amide bonds. The first kappa shape index (κ1) is 10.9. The summed E-state index contributed by atoms with van der Waals surface area (Å²) in [6, 6.07) is 3.80. The van der Waals surface area contributed by atoms with Crippen molar-refractivity contribution in [1.29, 1.82) is 0 Å². The first-order valence-electron chi connectivity index (χ1n) is 4.99. The molecule has 0 aliphatic rings. The molecule has 0 radical (unpaired) electrons. The van der Waals surface area contributed by atoms with Crippen molar-refractivity contribution in [3.8, 4) is 0 Å². The molecule has 0 fully saturated rings. The second-order valence-corrected chi connectivity index (χ2v) is 4.56. The monoisotopic (exact) mass is 234 g/mol. The van der Waals surface area contributed by atoms with Crippen LogP contribution in [0.5, 0.6) is 0 Å². The lowest BCUT2D eigenvalue weighted by atomic mass is 10.3. The topological polar surface area (TPSA) is 55.0 Å². The number of hydrogen-bond acceptors (Lipinski definition) is 5. The summed E-state index contributed by atoms with van der Waals surface area (Å²) in [7, 11) is 2.03. The molecule has 0 saturated carbocycles. The van der Waals surface area contributed by atoms with Crippen LogP contribution in [-0.4, -0.2) is 17.0 Å². The summed E-state index contributed by atoms with van der Waals surface area (Å²) >= 11 is 1.72. The molecule has 2 aromatic heterocycles. The molecule has 2 aromatic rings. The van der Waals surface area contributed by atoms with E-state index in [1.807, 2.05) is 7.05 Å². The fourth-order valence-corrected chi connectivity index (χ4v) is 2.43. The molecule has 2 rings (SSSR count). The molecule has 0 saturated heterocycles. The van der Waals surface area contributed by atoms with Gasteiger partial charge in [0.15, 0.2) is 0 Å². The molecular formula is C11H14N4S. The van der Waals surface area contributed by atoms with E-state index in [-0.39, 0.29) is 0 Å². The first-order valence-corrected chi connectivity index (χ1v) is 5.87. The Morgan fingerprint density at radius 1 is 1.44 bits per heavy atom. The van der Waals surface area contributed by atoms with Crippen LogP contribution in [0.2, 0.25) is 0 Å². The average Bonchev–Trinajstić information content (AvgIpc) is 2.64. The second-order valence-electron chi connectivity index (χ2n) is 3.66. The fourth-order valence-electron chi connectivity index (χ4n) is 1.53. The van der Waals surface area contributed by atoms with E-state index < -0.39 is 0 Å². The number of anilines is 2. The number of nitrogens with two attached hydrogens (primary N) is 1. The van der Waals surface area contributed by atoms with E-state index in [0.717, 1.165) is 5.82 Å². The molecule has 0 spiro atoms. The van der Waals surface area contributed by atoms with Crippen molar-refractivity contribution in [1.82, 2.24) is 9.97 Å². The predicted octanol–water partition coefficient (Wildman–Crippen LogP) is 2.07. The predicted molar refractivity (Wildman–Crippen MR) is 67.6 cm³/mol. The molecule has 84 valence electrons. The standard InChI is InChI=1S/C11H14N4S/c1-8-4-6-16-11(8)15(2)7-10-13-5-3-9(12)14-10/h3-6H,7H2,1-2H3,(H2,12,13,14). The van der Waals surface area contributed by atoms with Gasteiger partial charge >= 0.3 is 0 Å². The summed E-state index contributed by atoms with van der Waals surface area (Å²) in [4.78, 5) is 10.5. The number of hydrogen-bond donors (Lipinski definition) is 1. The Balaban J connectivity index is 2.14. The van der Waals surface area contributed by atoms with E-state index in [2.05, 4.69) is 33.2 Å². The molecule has 0 aromatic carbocycles. The Kier molecular flexibility index (Phi) is 3.05. The molecule has 16 heavy (non-hydrogen) atoms. The zero-order chi connectivity index (χ0) is 11.5. The number of rotatable bonds is 3. The lowest BCUT2D eigenvalue weighted by Gasteiger charge is -2.17. The van der Waals surface area contributed by atoms with Crippen molar-refractivity contribution in [3.05, 3.63) is 35.1 Å². The van der Waals surface area contributed by atoms with Crippen LogP contribution in [0.4, 0.5) is 10.8 Å². The summed E-state index contributed by atoms with van der Waals surface area (Å²) in [5.74, 6) is 1.26. The zero-order valence-corrected chi connectivity index (χ0v) is 10.2. The molecule has 0 aliphatic heterocycles. The van der Waals surface area contributed by atoms with E-state index in [1.54, 1.807) is 23.6 Å². The molecule has 0 aliphatic carbocycles. The molecule has 0 bridgehead atoms. The average molecular weight is 234 g/mol. The number of nitrogen functional groups attached to an aromatic ring is 1. The largest absolute Gasteiger partial charge is 0.384 e. The summed E-state index contributed by atoms with van der Waals surface area (Å²) < 4.78 is 0. The van der Waals surface area contributed by atoms with Crippen molar-refractivity contribution < 1.29 is 0 Å². The van der Waals surface area contributed by atoms with E-state index in [1.165, 1.54) is 10.6 Å². The minimum absolute atomic E-state index is 0.515. The number of aromatic nitrogens is 2. The van der Waals surface area contributed by atoms with Gasteiger partial charge in [-0.1, -0.05) is 0 Å². The maximum absolute atomic E-state index is 5.62. The van der Waals surface area contributed by atoms with Gasteiger partial charge in [0.2, 0.25) is 0 Å². The Hall–Kier alpha value is -1.62. The highest BCUT2D eigenvalue weighted by atomic mass is 32.1. The number of aryl methyl sites for hydroxylation is 1. The zero-order valence-electron chi connectivity index (χ0n) is 9.34. The summed E-state index contributed by atoms with van der Waals surface area (Å²) in [6.07, 6.45) is 1.69. The normalized spacial score (nSPS) is 10.4. The van der Waals surface area contributed by atoms with E-state index >= 15 is 0 Å². The molecule has 2 N–H and O–H groups in total. The maximum atomic E-state index is 5.62. The smallest absolute Gasteiger partial charge is 0.149 e. The Bertz CT molecular complexity index is 480. The van der Waals surface area contributed by atoms with Gasteiger partial charge in [-0.15, -0.1) is 11.3 Å². The molecule has 0 unspecified atom stereocenters. The van der Waals surface area contributed by atoms with Crippen LogP contribution in [0.15, 0.2) is 23.7 Å². The second kappa shape index (κ2) is 4.49. The third kappa shape index (κ3) is 2.30. The maximum Gasteiger partial charge on any atom is 0.149 e. The minimum atomic E-state index is 0.515. The van der Waals surface area contributed by atoms with E-state index in [9.17, 15) is 0 Å².